The molecule has 1 N–H and O–H groups in total. The SMILES string of the molecule is CC1(C)OC(=O)C(C(c2ccccc2)C(C(=O)c2ccccc2)[n+]2ccccc2)=C(O)O1. The summed E-state index contributed by atoms with van der Waals surface area (Å²) in [6, 6.07) is 22.5. The first-order chi connectivity index (χ1) is 15.4. The second kappa shape index (κ2) is 8.67. The van der Waals surface area contributed by atoms with E-state index in [0.29, 0.717) is 11.1 Å². The van der Waals surface area contributed by atoms with E-state index >= 15 is 0 Å². The zero-order valence-electron chi connectivity index (χ0n) is 17.8. The number of cyclic esters (lactones) is 1. The molecule has 1 aliphatic heterocycles. The van der Waals surface area contributed by atoms with Crippen LogP contribution in [0, 0.1) is 0 Å². The first kappa shape index (κ1) is 21.3. The van der Waals surface area contributed by atoms with E-state index in [9.17, 15) is 14.7 Å². The maximum absolute atomic E-state index is 13.8. The van der Waals surface area contributed by atoms with E-state index in [0.717, 1.165) is 0 Å². The van der Waals surface area contributed by atoms with Gasteiger partial charge in [-0.15, -0.1) is 0 Å². The third kappa shape index (κ3) is 4.25. The third-order valence-electron chi connectivity index (χ3n) is 5.30. The van der Waals surface area contributed by atoms with Gasteiger partial charge in [0.1, 0.15) is 5.57 Å². The fourth-order valence-corrected chi connectivity index (χ4v) is 3.93. The van der Waals surface area contributed by atoms with Crippen LogP contribution < -0.4 is 4.57 Å². The molecule has 32 heavy (non-hydrogen) atoms. The number of ketones is 1. The second-order valence-electron chi connectivity index (χ2n) is 8.00. The van der Waals surface area contributed by atoms with Gasteiger partial charge in [-0.05, 0) is 5.56 Å². The van der Waals surface area contributed by atoms with Gasteiger partial charge in [0, 0.05) is 31.5 Å². The van der Waals surface area contributed by atoms with Crippen LogP contribution in [0.4, 0.5) is 0 Å². The molecule has 0 bridgehead atoms. The lowest BCUT2D eigenvalue weighted by Crippen LogP contribution is -2.49. The molecule has 0 saturated carbocycles. The highest BCUT2D eigenvalue weighted by Crippen LogP contribution is 2.40. The number of nitrogens with zero attached hydrogens (tertiary/aromatic N) is 1. The van der Waals surface area contributed by atoms with Gasteiger partial charge in [-0.2, -0.15) is 4.57 Å². The molecule has 1 aromatic heterocycles. The molecule has 2 aromatic carbocycles. The van der Waals surface area contributed by atoms with Crippen LogP contribution in [-0.4, -0.2) is 22.6 Å². The van der Waals surface area contributed by atoms with Crippen LogP contribution in [0.5, 0.6) is 0 Å². The number of hydrogen-bond donors (Lipinski definition) is 1. The van der Waals surface area contributed by atoms with Gasteiger partial charge in [0.05, 0.1) is 5.92 Å². The minimum Gasteiger partial charge on any atom is -0.480 e. The quantitative estimate of drug-likeness (QED) is 0.359. The van der Waals surface area contributed by atoms with Crippen molar-refractivity contribution >= 4 is 11.8 Å². The number of aromatic nitrogens is 1. The summed E-state index contributed by atoms with van der Waals surface area (Å²) in [7, 11) is 0. The molecule has 6 nitrogen and oxygen atoms in total. The summed E-state index contributed by atoms with van der Waals surface area (Å²) in [4.78, 5) is 26.9. The van der Waals surface area contributed by atoms with Crippen LogP contribution >= 0.6 is 0 Å². The molecule has 3 aromatic rings. The van der Waals surface area contributed by atoms with Crippen molar-refractivity contribution in [3.8, 4) is 0 Å². The molecule has 2 unspecified atom stereocenters. The van der Waals surface area contributed by atoms with Gasteiger partial charge in [0.25, 0.3) is 11.7 Å². The number of rotatable bonds is 6. The Hall–Kier alpha value is -3.93. The van der Waals surface area contributed by atoms with Gasteiger partial charge >= 0.3 is 5.97 Å². The van der Waals surface area contributed by atoms with Crippen LogP contribution in [0.15, 0.2) is 103 Å². The number of carbonyl (C=O) groups excluding carboxylic acids is 2. The number of aliphatic hydroxyl groups excluding tert-OH is 1. The maximum Gasteiger partial charge on any atom is 0.345 e. The largest absolute Gasteiger partial charge is 0.480 e. The molecular formula is C26H24NO5+. The van der Waals surface area contributed by atoms with Crippen LogP contribution in [-0.2, 0) is 14.3 Å². The van der Waals surface area contributed by atoms with E-state index in [-0.39, 0.29) is 11.4 Å². The van der Waals surface area contributed by atoms with Crippen molar-refractivity contribution in [2.24, 2.45) is 0 Å². The van der Waals surface area contributed by atoms with Crippen LogP contribution in [0.3, 0.4) is 0 Å². The van der Waals surface area contributed by atoms with Gasteiger partial charge in [0.2, 0.25) is 11.8 Å². The molecular weight excluding hydrogens is 406 g/mol. The molecule has 0 amide bonds. The van der Waals surface area contributed by atoms with E-state index in [4.69, 9.17) is 9.47 Å². The van der Waals surface area contributed by atoms with E-state index in [1.165, 1.54) is 13.8 Å². The molecule has 2 heterocycles. The standard InChI is InChI=1S/C26H23NO5/c1-26(2)31-24(29)21(25(30)32-26)20(18-12-6-3-7-13-18)22(27-16-10-5-11-17-27)23(28)19-14-8-4-9-15-19/h3-17,20,22H,1-2H3/p+1. The first-order valence-corrected chi connectivity index (χ1v) is 10.3. The van der Waals surface area contributed by atoms with Crippen molar-refractivity contribution in [2.45, 2.75) is 31.6 Å². The molecule has 162 valence electrons. The normalized spacial score (nSPS) is 17.1. The van der Waals surface area contributed by atoms with Crippen molar-refractivity contribution in [3.63, 3.8) is 0 Å². The molecule has 6 heteroatoms. The van der Waals surface area contributed by atoms with Crippen LogP contribution in [0.1, 0.15) is 41.7 Å². The molecule has 1 aliphatic rings. The lowest BCUT2D eigenvalue weighted by atomic mass is 9.80. The minimum absolute atomic E-state index is 0.0961. The average molecular weight is 430 g/mol. The highest BCUT2D eigenvalue weighted by atomic mass is 16.8. The Morgan fingerprint density at radius 1 is 0.875 bits per heavy atom. The summed E-state index contributed by atoms with van der Waals surface area (Å²) in [5.74, 6) is -3.66. The number of esters is 1. The number of pyridine rings is 1. The Morgan fingerprint density at radius 2 is 1.44 bits per heavy atom. The van der Waals surface area contributed by atoms with Crippen molar-refractivity contribution in [1.82, 2.24) is 0 Å². The van der Waals surface area contributed by atoms with Crippen LogP contribution in [0.2, 0.25) is 0 Å². The Morgan fingerprint density at radius 3 is 2.03 bits per heavy atom. The van der Waals surface area contributed by atoms with Crippen molar-refractivity contribution in [2.75, 3.05) is 0 Å². The van der Waals surface area contributed by atoms with Crippen molar-refractivity contribution in [1.29, 1.82) is 0 Å². The predicted octanol–water partition coefficient (Wildman–Crippen LogP) is 4.26. The predicted molar refractivity (Wildman–Crippen MR) is 117 cm³/mol. The lowest BCUT2D eigenvalue weighted by molar-refractivity contribution is -0.710. The Labute approximate surface area is 186 Å². The summed E-state index contributed by atoms with van der Waals surface area (Å²) in [6.07, 6.45) is 3.52. The summed E-state index contributed by atoms with van der Waals surface area (Å²) in [5.41, 5.74) is 1.06. The molecule has 0 fully saturated rings. The molecule has 0 spiro atoms. The fraction of sp³-hybridized carbons (Fsp3) is 0.192. The van der Waals surface area contributed by atoms with Gasteiger partial charge in [0.15, 0.2) is 12.4 Å². The van der Waals surface area contributed by atoms with E-state index in [2.05, 4.69) is 0 Å². The highest BCUT2D eigenvalue weighted by molar-refractivity contribution is 6.01. The number of carbonyl (C=O) groups is 2. The zero-order valence-corrected chi connectivity index (χ0v) is 17.8. The smallest absolute Gasteiger partial charge is 0.345 e. The summed E-state index contributed by atoms with van der Waals surface area (Å²) >= 11 is 0. The second-order valence-corrected chi connectivity index (χ2v) is 8.00. The van der Waals surface area contributed by atoms with Crippen molar-refractivity contribution in [3.05, 3.63) is 114 Å². The number of benzene rings is 2. The van der Waals surface area contributed by atoms with Crippen LogP contribution in [0.25, 0.3) is 0 Å². The number of aliphatic hydroxyl groups is 1. The van der Waals surface area contributed by atoms with E-state index < -0.39 is 29.7 Å². The van der Waals surface area contributed by atoms with Gasteiger partial charge < -0.3 is 14.6 Å². The van der Waals surface area contributed by atoms with Gasteiger partial charge in [-0.25, -0.2) is 4.79 Å². The molecule has 0 radical (unpaired) electrons. The summed E-state index contributed by atoms with van der Waals surface area (Å²) in [6.45, 7) is 3.07. The zero-order chi connectivity index (χ0) is 22.7. The maximum atomic E-state index is 13.8. The Kier molecular flexibility index (Phi) is 5.77. The Bertz CT molecular complexity index is 1140. The van der Waals surface area contributed by atoms with E-state index in [1.807, 2.05) is 42.5 Å². The highest BCUT2D eigenvalue weighted by Gasteiger charge is 2.48. The van der Waals surface area contributed by atoms with Crippen molar-refractivity contribution < 1.29 is 28.7 Å². The van der Waals surface area contributed by atoms with Gasteiger partial charge in [-0.1, -0.05) is 66.7 Å². The molecule has 2 atom stereocenters. The first-order valence-electron chi connectivity index (χ1n) is 10.3. The average Bonchev–Trinajstić information content (AvgIpc) is 2.79. The monoisotopic (exact) mass is 430 g/mol. The summed E-state index contributed by atoms with van der Waals surface area (Å²) in [5, 5.41) is 10.8. The fourth-order valence-electron chi connectivity index (χ4n) is 3.93. The molecule has 0 aliphatic carbocycles. The van der Waals surface area contributed by atoms with E-state index in [1.54, 1.807) is 53.4 Å². The third-order valence-corrected chi connectivity index (χ3v) is 5.30. The number of Topliss-reactive ketones (excluding diaryl/α,β-unsaturated/α-hetero) is 1. The molecule has 0 saturated heterocycles. The van der Waals surface area contributed by atoms with Gasteiger partial charge in [-0.3, -0.25) is 4.79 Å². The lowest BCUT2D eigenvalue weighted by Gasteiger charge is -2.34. The minimum atomic E-state index is -1.31. The topological polar surface area (TPSA) is 76.7 Å². The number of hydrogen-bond acceptors (Lipinski definition) is 5. The summed E-state index contributed by atoms with van der Waals surface area (Å²) < 4.78 is 12.7. The number of ether oxygens (including phenoxy) is 2. The Balaban J connectivity index is 1.95. The molecule has 4 rings (SSSR count).